The number of methoxy groups -OCH3 is 1. The van der Waals surface area contributed by atoms with Gasteiger partial charge in [-0.15, -0.1) is 0 Å². The lowest BCUT2D eigenvalue weighted by atomic mass is 10.2. The van der Waals surface area contributed by atoms with Crippen LogP contribution >= 0.6 is 15.9 Å². The fraction of sp³-hybridized carbons (Fsp3) is 0.0800. The Kier molecular flexibility index (Phi) is 7.11. The number of aromatic nitrogens is 1. The normalized spacial score (nSPS) is 10.6. The number of nitrogens with one attached hydrogen (secondary N) is 3. The van der Waals surface area contributed by atoms with Crippen LogP contribution in [0.4, 0.5) is 10.1 Å². The number of fused-ring (bicyclic) bond motifs is 1. The van der Waals surface area contributed by atoms with Crippen LogP contribution in [0.5, 0.6) is 5.75 Å². The molecule has 1 heterocycles. The van der Waals surface area contributed by atoms with Gasteiger partial charge in [0.2, 0.25) is 0 Å². The van der Waals surface area contributed by atoms with Crippen LogP contribution in [0.25, 0.3) is 10.9 Å². The van der Waals surface area contributed by atoms with Crippen LogP contribution in [-0.2, 0) is 16.1 Å². The highest BCUT2D eigenvalue weighted by atomic mass is 79.9. The van der Waals surface area contributed by atoms with Crippen LogP contribution < -0.4 is 20.8 Å². The average molecular weight is 539 g/mol. The first-order chi connectivity index (χ1) is 16.8. The first-order valence-electron chi connectivity index (χ1n) is 10.4. The molecule has 4 rings (SSSR count). The quantitative estimate of drug-likeness (QED) is 0.320. The molecule has 0 radical (unpaired) electrons. The van der Waals surface area contributed by atoms with Gasteiger partial charge < -0.3 is 15.4 Å². The Morgan fingerprint density at radius 3 is 2.34 bits per heavy atom. The Morgan fingerprint density at radius 2 is 1.66 bits per heavy atom. The zero-order valence-corrected chi connectivity index (χ0v) is 20.1. The van der Waals surface area contributed by atoms with Gasteiger partial charge in [0.25, 0.3) is 5.91 Å². The van der Waals surface area contributed by atoms with E-state index in [0.717, 1.165) is 10.0 Å². The van der Waals surface area contributed by atoms with Gasteiger partial charge in [-0.05, 0) is 66.2 Å². The van der Waals surface area contributed by atoms with Gasteiger partial charge in [0.1, 0.15) is 17.3 Å². The molecule has 0 unspecified atom stereocenters. The summed E-state index contributed by atoms with van der Waals surface area (Å²) < 4.78 is 20.3. The van der Waals surface area contributed by atoms with E-state index in [2.05, 4.69) is 32.0 Å². The summed E-state index contributed by atoms with van der Waals surface area (Å²) in [5, 5.41) is 5.87. The Hall–Kier alpha value is -4.18. The lowest BCUT2D eigenvalue weighted by Gasteiger charge is -2.13. The molecule has 178 valence electrons. The van der Waals surface area contributed by atoms with Crippen molar-refractivity contribution in [1.29, 1.82) is 0 Å². The molecule has 0 aliphatic carbocycles. The number of nitrogens with zero attached hydrogens (tertiary/aromatic N) is 1. The predicted octanol–water partition coefficient (Wildman–Crippen LogP) is 4.19. The molecule has 4 aromatic rings. The molecule has 10 heteroatoms. The second-order valence-electron chi connectivity index (χ2n) is 7.50. The highest BCUT2D eigenvalue weighted by Gasteiger charge is 2.21. The lowest BCUT2D eigenvalue weighted by molar-refractivity contribution is -0.136. The summed E-state index contributed by atoms with van der Waals surface area (Å²) in [4.78, 5) is 38.1. The minimum atomic E-state index is -0.949. The molecule has 0 aliphatic rings. The number of hydrogen-bond acceptors (Lipinski definition) is 4. The van der Waals surface area contributed by atoms with Gasteiger partial charge in [0, 0.05) is 22.1 Å². The summed E-state index contributed by atoms with van der Waals surface area (Å²) in [5.74, 6) is -2.13. The highest BCUT2D eigenvalue weighted by molar-refractivity contribution is 9.10. The molecule has 3 aromatic carbocycles. The van der Waals surface area contributed by atoms with E-state index in [1.807, 2.05) is 0 Å². The van der Waals surface area contributed by atoms with Gasteiger partial charge in [-0.3, -0.25) is 19.8 Å². The third-order valence-electron chi connectivity index (χ3n) is 5.13. The molecule has 35 heavy (non-hydrogen) atoms. The van der Waals surface area contributed by atoms with Crippen LogP contribution in [0.3, 0.4) is 0 Å². The van der Waals surface area contributed by atoms with Crippen molar-refractivity contribution in [3.05, 3.63) is 94.3 Å². The van der Waals surface area contributed by atoms with Crippen LogP contribution in [0, 0.1) is 5.82 Å². The molecular weight excluding hydrogens is 519 g/mol. The third-order valence-corrected chi connectivity index (χ3v) is 5.62. The van der Waals surface area contributed by atoms with Crippen molar-refractivity contribution < 1.29 is 23.5 Å². The molecule has 0 aliphatic heterocycles. The minimum absolute atomic E-state index is 0.0822. The molecule has 8 nitrogen and oxygen atoms in total. The van der Waals surface area contributed by atoms with Crippen LogP contribution in [0.2, 0.25) is 0 Å². The highest BCUT2D eigenvalue weighted by Crippen LogP contribution is 2.24. The number of hydrogen-bond donors (Lipinski definition) is 3. The second kappa shape index (κ2) is 10.4. The van der Waals surface area contributed by atoms with Crippen molar-refractivity contribution in [2.75, 3.05) is 17.9 Å². The molecule has 1 aromatic heterocycles. The smallest absolute Gasteiger partial charge is 0.328 e. The van der Waals surface area contributed by atoms with Gasteiger partial charge in [-0.25, -0.2) is 9.07 Å². The molecule has 3 amide bonds. The number of halogens is 2. The van der Waals surface area contributed by atoms with Gasteiger partial charge in [0.05, 0.1) is 12.6 Å². The van der Waals surface area contributed by atoms with E-state index in [0.29, 0.717) is 22.3 Å². The number of benzene rings is 3. The molecule has 3 N–H and O–H groups in total. The predicted molar refractivity (Wildman–Crippen MR) is 133 cm³/mol. The van der Waals surface area contributed by atoms with Crippen molar-refractivity contribution >= 4 is 50.2 Å². The Balaban J connectivity index is 1.53. The molecule has 0 saturated carbocycles. The number of ether oxygens (including phenoxy) is 1. The van der Waals surface area contributed by atoms with Gasteiger partial charge in [-0.1, -0.05) is 28.1 Å². The lowest BCUT2D eigenvalue weighted by Crippen LogP contribution is -2.39. The van der Waals surface area contributed by atoms with Crippen molar-refractivity contribution in [3.8, 4) is 5.75 Å². The van der Waals surface area contributed by atoms with E-state index < -0.39 is 23.5 Å². The summed E-state index contributed by atoms with van der Waals surface area (Å²) in [6.45, 7) is 0.132. The monoisotopic (exact) mass is 538 g/mol. The number of carbonyl (C=O) groups is 3. The van der Waals surface area contributed by atoms with Gasteiger partial charge >= 0.3 is 11.8 Å². The zero-order valence-electron chi connectivity index (χ0n) is 18.5. The largest absolute Gasteiger partial charge is 0.497 e. The van der Waals surface area contributed by atoms with E-state index in [9.17, 15) is 18.8 Å². The molecule has 0 bridgehead atoms. The maximum atomic E-state index is 13.2. The SMILES string of the molecule is COc1ccc(CNC(=O)C(=O)Nn2c(C(=O)Nc3ccc(F)cc3)cc3cc(Br)ccc32)cc1. The number of anilines is 1. The zero-order chi connectivity index (χ0) is 24.9. The van der Waals surface area contributed by atoms with Crippen molar-refractivity contribution in [2.24, 2.45) is 0 Å². The second-order valence-corrected chi connectivity index (χ2v) is 8.42. The van der Waals surface area contributed by atoms with E-state index in [-0.39, 0.29) is 12.2 Å². The topological polar surface area (TPSA) is 101 Å². The maximum absolute atomic E-state index is 13.2. The van der Waals surface area contributed by atoms with Gasteiger partial charge in [-0.2, -0.15) is 0 Å². The summed E-state index contributed by atoms with van der Waals surface area (Å²) in [6.07, 6.45) is 0. The standard InChI is InChI=1S/C25H20BrFN4O4/c1-35-20-9-2-15(3-10-20)14-28-24(33)25(34)30-31-21-11-4-17(26)12-16(21)13-22(31)23(32)29-19-7-5-18(27)6-8-19/h2-13H,14H2,1H3,(H,28,33)(H,29,32)(H,30,34). The number of amides is 3. The van der Waals surface area contributed by atoms with Crippen molar-refractivity contribution in [3.63, 3.8) is 0 Å². The van der Waals surface area contributed by atoms with E-state index >= 15 is 0 Å². The first-order valence-corrected chi connectivity index (χ1v) is 11.2. The van der Waals surface area contributed by atoms with Crippen LogP contribution in [0.15, 0.2) is 77.3 Å². The molecule has 0 saturated heterocycles. The van der Waals surface area contributed by atoms with Crippen LogP contribution in [0.1, 0.15) is 16.1 Å². The van der Waals surface area contributed by atoms with Gasteiger partial charge in [0.15, 0.2) is 0 Å². The summed E-state index contributed by atoms with van der Waals surface area (Å²) in [7, 11) is 1.55. The third kappa shape index (κ3) is 5.67. The van der Waals surface area contributed by atoms with Crippen molar-refractivity contribution in [2.45, 2.75) is 6.54 Å². The fourth-order valence-electron chi connectivity index (χ4n) is 3.36. The average Bonchev–Trinajstić information content (AvgIpc) is 3.21. The Bertz CT molecular complexity index is 1400. The van der Waals surface area contributed by atoms with E-state index in [4.69, 9.17) is 4.74 Å². The fourth-order valence-corrected chi connectivity index (χ4v) is 3.74. The summed E-state index contributed by atoms with van der Waals surface area (Å²) in [6, 6.07) is 19.1. The van der Waals surface area contributed by atoms with E-state index in [1.165, 1.54) is 28.9 Å². The molecule has 0 atom stereocenters. The Morgan fingerprint density at radius 1 is 0.943 bits per heavy atom. The minimum Gasteiger partial charge on any atom is -0.497 e. The number of carbonyl (C=O) groups excluding carboxylic acids is 3. The maximum Gasteiger partial charge on any atom is 0.328 e. The number of rotatable bonds is 6. The first kappa shape index (κ1) is 24.0. The Labute approximate surface area is 208 Å². The van der Waals surface area contributed by atoms with Crippen LogP contribution in [-0.4, -0.2) is 29.5 Å². The summed E-state index contributed by atoms with van der Waals surface area (Å²) in [5.41, 5.74) is 4.24. The summed E-state index contributed by atoms with van der Waals surface area (Å²) >= 11 is 3.38. The molecular formula is C25H20BrFN4O4. The molecule has 0 spiro atoms. The molecule has 0 fully saturated rings. The van der Waals surface area contributed by atoms with Crippen molar-refractivity contribution in [1.82, 2.24) is 9.99 Å². The van der Waals surface area contributed by atoms with E-state index in [1.54, 1.807) is 55.6 Å².